The van der Waals surface area contributed by atoms with E-state index in [9.17, 15) is 24.0 Å². The van der Waals surface area contributed by atoms with Gasteiger partial charge in [-0.3, -0.25) is 19.1 Å². The van der Waals surface area contributed by atoms with Crippen LogP contribution in [0.15, 0.2) is 70.0 Å². The van der Waals surface area contributed by atoms with E-state index in [1.807, 2.05) is 18.2 Å². The molecule has 0 aliphatic carbocycles. The highest BCUT2D eigenvalue weighted by Crippen LogP contribution is 2.36. The number of nitrogens with one attached hydrogen (secondary N) is 2. The number of amides is 2. The third-order valence-electron chi connectivity index (χ3n) is 5.80. The maximum Gasteiger partial charge on any atom is 0.295 e. The Kier molecular flexibility index (Phi) is 6.89. The molecule has 10 heteroatoms. The second kappa shape index (κ2) is 10.0. The van der Waals surface area contributed by atoms with Crippen molar-refractivity contribution in [2.24, 2.45) is 7.05 Å². The molecule has 8 nitrogen and oxygen atoms in total. The predicted octanol–water partition coefficient (Wildman–Crippen LogP) is 3.33. The Hall–Kier alpha value is -4.10. The van der Waals surface area contributed by atoms with Gasteiger partial charge in [0.1, 0.15) is 11.5 Å². The van der Waals surface area contributed by atoms with Crippen LogP contribution in [-0.4, -0.2) is 26.9 Å². The predicted molar refractivity (Wildman–Crippen MR) is 131 cm³/mol. The number of thioether (sulfide) groups is 1. The minimum absolute atomic E-state index is 0.0671. The fraction of sp³-hybridized carbons (Fsp3) is 0.200. The second-order valence-electron chi connectivity index (χ2n) is 7.95. The molecule has 0 bridgehead atoms. The molecule has 0 radical (unpaired) electrons. The van der Waals surface area contributed by atoms with Gasteiger partial charge >= 0.3 is 0 Å². The molecule has 0 saturated carbocycles. The molecular formula is C25H22FN5O3S. The number of benzene rings is 2. The van der Waals surface area contributed by atoms with E-state index >= 15 is 0 Å². The molecule has 0 unspecified atom stereocenters. The number of hydrogen-bond acceptors (Lipinski definition) is 5. The molecule has 0 spiro atoms. The summed E-state index contributed by atoms with van der Waals surface area (Å²) in [4.78, 5) is 38.0. The third kappa shape index (κ3) is 4.76. The molecular weight excluding hydrogens is 469 g/mol. The summed E-state index contributed by atoms with van der Waals surface area (Å²) >= 11 is 0.960. The van der Waals surface area contributed by atoms with Crippen molar-refractivity contribution in [3.05, 3.63) is 92.6 Å². The number of halogens is 1. The van der Waals surface area contributed by atoms with Gasteiger partial charge in [-0.05, 0) is 30.7 Å². The van der Waals surface area contributed by atoms with Gasteiger partial charge in [-0.25, -0.2) is 9.07 Å². The van der Waals surface area contributed by atoms with Crippen molar-refractivity contribution in [3.8, 4) is 11.8 Å². The maximum atomic E-state index is 14.4. The Labute approximate surface area is 205 Å². The second-order valence-corrected chi connectivity index (χ2v) is 8.94. The highest BCUT2D eigenvalue weighted by atomic mass is 32.2. The molecule has 1 atom stereocenters. The van der Waals surface area contributed by atoms with E-state index in [1.54, 1.807) is 42.9 Å². The number of carbonyl (C=O) groups excluding carboxylic acids is 2. The Balaban J connectivity index is 1.55. The van der Waals surface area contributed by atoms with Crippen LogP contribution in [0, 0.1) is 24.1 Å². The largest absolute Gasteiger partial charge is 0.320 e. The number of nitrogens with zero attached hydrogens (tertiary/aromatic N) is 3. The van der Waals surface area contributed by atoms with Crippen molar-refractivity contribution in [1.29, 1.82) is 5.26 Å². The zero-order valence-corrected chi connectivity index (χ0v) is 19.9. The number of para-hydroxylation sites is 1. The molecule has 2 heterocycles. The maximum absolute atomic E-state index is 14.4. The SMILES string of the molecule is Cc1c(NC(=O)CSC2=C(C#N)[C@@H](c3ccccc3F)CC(=O)N2)c(=O)n(-c2ccccc2)n1C. The zero-order chi connectivity index (χ0) is 25.1. The van der Waals surface area contributed by atoms with Gasteiger partial charge in [-0.1, -0.05) is 48.2 Å². The average molecular weight is 492 g/mol. The molecule has 2 N–H and O–H groups in total. The van der Waals surface area contributed by atoms with Gasteiger partial charge in [0.25, 0.3) is 5.56 Å². The van der Waals surface area contributed by atoms with Gasteiger partial charge in [-0.2, -0.15) is 5.26 Å². The minimum Gasteiger partial charge on any atom is -0.320 e. The van der Waals surface area contributed by atoms with Crippen molar-refractivity contribution in [2.75, 3.05) is 11.1 Å². The summed E-state index contributed by atoms with van der Waals surface area (Å²) in [5, 5.41) is 15.2. The third-order valence-corrected chi connectivity index (χ3v) is 6.82. The first kappa shape index (κ1) is 24.0. The summed E-state index contributed by atoms with van der Waals surface area (Å²) < 4.78 is 17.5. The number of nitriles is 1. The van der Waals surface area contributed by atoms with E-state index in [0.29, 0.717) is 11.4 Å². The summed E-state index contributed by atoms with van der Waals surface area (Å²) in [6.07, 6.45) is -0.0671. The molecule has 1 aliphatic heterocycles. The lowest BCUT2D eigenvalue weighted by Gasteiger charge is -2.25. The lowest BCUT2D eigenvalue weighted by atomic mass is 9.87. The zero-order valence-electron chi connectivity index (χ0n) is 19.0. The van der Waals surface area contributed by atoms with Gasteiger partial charge < -0.3 is 10.6 Å². The quantitative estimate of drug-likeness (QED) is 0.550. The molecule has 4 rings (SSSR count). The summed E-state index contributed by atoms with van der Waals surface area (Å²) in [7, 11) is 1.72. The summed E-state index contributed by atoms with van der Waals surface area (Å²) in [5.41, 5.74) is 1.44. The van der Waals surface area contributed by atoms with Crippen LogP contribution >= 0.6 is 11.8 Å². The van der Waals surface area contributed by atoms with E-state index in [4.69, 9.17) is 0 Å². The number of rotatable bonds is 6. The van der Waals surface area contributed by atoms with Crippen LogP contribution in [0.25, 0.3) is 5.69 Å². The molecule has 1 aliphatic rings. The van der Waals surface area contributed by atoms with Crippen LogP contribution < -0.4 is 16.2 Å². The van der Waals surface area contributed by atoms with Crippen molar-refractivity contribution in [3.63, 3.8) is 0 Å². The van der Waals surface area contributed by atoms with Crippen LogP contribution in [-0.2, 0) is 16.6 Å². The Morgan fingerprint density at radius 1 is 1.20 bits per heavy atom. The summed E-state index contributed by atoms with van der Waals surface area (Å²) in [6, 6.07) is 17.1. The molecule has 3 aromatic rings. The first-order valence-corrected chi connectivity index (χ1v) is 11.8. The molecule has 1 aromatic heterocycles. The van der Waals surface area contributed by atoms with Crippen molar-refractivity contribution >= 4 is 29.3 Å². The van der Waals surface area contributed by atoms with Crippen LogP contribution in [0.1, 0.15) is 23.6 Å². The van der Waals surface area contributed by atoms with Crippen LogP contribution in [0.5, 0.6) is 0 Å². The van der Waals surface area contributed by atoms with Crippen LogP contribution in [0.4, 0.5) is 10.1 Å². The fourth-order valence-electron chi connectivity index (χ4n) is 3.98. The van der Waals surface area contributed by atoms with Gasteiger partial charge in [0.15, 0.2) is 0 Å². The highest BCUT2D eigenvalue weighted by Gasteiger charge is 2.31. The van der Waals surface area contributed by atoms with Crippen LogP contribution in [0.2, 0.25) is 0 Å². The Bertz CT molecular complexity index is 1440. The van der Waals surface area contributed by atoms with Gasteiger partial charge in [0.2, 0.25) is 11.8 Å². The number of hydrogen-bond donors (Lipinski definition) is 2. The number of aromatic nitrogens is 2. The van der Waals surface area contributed by atoms with Gasteiger partial charge in [0, 0.05) is 19.4 Å². The topological polar surface area (TPSA) is 109 Å². The molecule has 2 aromatic carbocycles. The lowest BCUT2D eigenvalue weighted by molar-refractivity contribution is -0.121. The Morgan fingerprint density at radius 2 is 1.89 bits per heavy atom. The number of allylic oxidation sites excluding steroid dienone is 1. The molecule has 35 heavy (non-hydrogen) atoms. The van der Waals surface area contributed by atoms with Crippen molar-refractivity contribution in [1.82, 2.24) is 14.7 Å². The minimum atomic E-state index is -0.741. The molecule has 0 saturated heterocycles. The highest BCUT2D eigenvalue weighted by molar-refractivity contribution is 8.03. The fourth-order valence-corrected chi connectivity index (χ4v) is 4.86. The average Bonchev–Trinajstić information content (AvgIpc) is 3.06. The molecule has 2 amide bonds. The van der Waals surface area contributed by atoms with E-state index in [1.165, 1.54) is 16.8 Å². The normalized spacial score (nSPS) is 15.5. The molecule has 0 fully saturated rings. The van der Waals surface area contributed by atoms with E-state index in [0.717, 1.165) is 11.8 Å². The standard InChI is InChI=1S/C25H22FN5O3S/c1-15-23(25(34)31(30(15)2)16-8-4-3-5-9-16)28-22(33)14-35-24-19(13-27)18(12-21(32)29-24)17-10-6-7-11-20(17)26/h3-11,18H,12,14H2,1-2H3,(H,28,33)(H,29,32)/t18-/m1/s1. The van der Waals surface area contributed by atoms with E-state index < -0.39 is 17.6 Å². The van der Waals surface area contributed by atoms with E-state index in [2.05, 4.69) is 16.7 Å². The molecule has 178 valence electrons. The van der Waals surface area contributed by atoms with Crippen LogP contribution in [0.3, 0.4) is 0 Å². The Morgan fingerprint density at radius 3 is 2.57 bits per heavy atom. The van der Waals surface area contributed by atoms with Gasteiger partial charge in [-0.15, -0.1) is 0 Å². The number of carbonyl (C=O) groups is 2. The monoisotopic (exact) mass is 491 g/mol. The lowest BCUT2D eigenvalue weighted by Crippen LogP contribution is -2.32. The van der Waals surface area contributed by atoms with Crippen molar-refractivity contribution < 1.29 is 14.0 Å². The number of anilines is 1. The first-order chi connectivity index (χ1) is 16.8. The first-order valence-electron chi connectivity index (χ1n) is 10.8. The van der Waals surface area contributed by atoms with E-state index in [-0.39, 0.29) is 45.5 Å². The summed E-state index contributed by atoms with van der Waals surface area (Å²) in [6.45, 7) is 1.72. The van der Waals surface area contributed by atoms with Gasteiger partial charge in [0.05, 0.1) is 33.8 Å². The summed E-state index contributed by atoms with van der Waals surface area (Å²) in [5.74, 6) is -2.26. The van der Waals surface area contributed by atoms with Crippen molar-refractivity contribution in [2.45, 2.75) is 19.3 Å². The smallest absolute Gasteiger partial charge is 0.295 e.